The quantitative estimate of drug-likeness (QED) is 0.631. The minimum atomic E-state index is -1.07. The first-order valence-electron chi connectivity index (χ1n) is 4.06. The van der Waals surface area contributed by atoms with Crippen molar-refractivity contribution in [2.45, 2.75) is 19.9 Å². The summed E-state index contributed by atoms with van der Waals surface area (Å²) in [5.41, 5.74) is 0.971. The summed E-state index contributed by atoms with van der Waals surface area (Å²) in [7, 11) is 0. The van der Waals surface area contributed by atoms with Crippen molar-refractivity contribution < 1.29 is 14.7 Å². The SMILES string of the molecule is Cc1cn[nH]c1C(=O)N[C@@H](C)C(=O)O. The normalized spacial score (nSPS) is 12.1. The van der Waals surface area contributed by atoms with Gasteiger partial charge in [0.15, 0.2) is 0 Å². The topological polar surface area (TPSA) is 95.1 Å². The molecule has 1 aromatic rings. The van der Waals surface area contributed by atoms with Crippen LogP contribution in [0.15, 0.2) is 6.20 Å². The zero-order chi connectivity index (χ0) is 10.7. The van der Waals surface area contributed by atoms with Gasteiger partial charge in [-0.3, -0.25) is 14.7 Å². The molecular formula is C8H11N3O3. The molecule has 3 N–H and O–H groups in total. The number of hydrogen-bond acceptors (Lipinski definition) is 3. The van der Waals surface area contributed by atoms with Gasteiger partial charge in [-0.05, 0) is 19.4 Å². The number of rotatable bonds is 3. The van der Waals surface area contributed by atoms with Gasteiger partial charge in [0, 0.05) is 0 Å². The summed E-state index contributed by atoms with van der Waals surface area (Å²) in [5, 5.41) is 17.0. The number of carbonyl (C=O) groups excluding carboxylic acids is 1. The van der Waals surface area contributed by atoms with E-state index in [0.29, 0.717) is 5.56 Å². The van der Waals surface area contributed by atoms with Crippen LogP contribution in [0.2, 0.25) is 0 Å². The Balaban J connectivity index is 2.69. The molecule has 6 heteroatoms. The first kappa shape index (κ1) is 10.2. The zero-order valence-electron chi connectivity index (χ0n) is 7.87. The molecule has 14 heavy (non-hydrogen) atoms. The largest absolute Gasteiger partial charge is 0.480 e. The lowest BCUT2D eigenvalue weighted by atomic mass is 10.2. The Labute approximate surface area is 80.3 Å². The number of aromatic amines is 1. The fourth-order valence-corrected chi connectivity index (χ4v) is 0.907. The number of amides is 1. The van der Waals surface area contributed by atoms with Gasteiger partial charge in [-0.2, -0.15) is 5.10 Å². The molecule has 0 unspecified atom stereocenters. The van der Waals surface area contributed by atoms with Gasteiger partial charge < -0.3 is 10.4 Å². The summed E-state index contributed by atoms with van der Waals surface area (Å²) < 4.78 is 0. The minimum Gasteiger partial charge on any atom is -0.480 e. The van der Waals surface area contributed by atoms with Gasteiger partial charge in [-0.1, -0.05) is 0 Å². The molecule has 76 valence electrons. The number of carbonyl (C=O) groups is 2. The van der Waals surface area contributed by atoms with Gasteiger partial charge in [-0.15, -0.1) is 0 Å². The second kappa shape index (κ2) is 3.91. The van der Waals surface area contributed by atoms with Crippen molar-refractivity contribution in [1.82, 2.24) is 15.5 Å². The number of nitrogens with zero attached hydrogens (tertiary/aromatic N) is 1. The van der Waals surface area contributed by atoms with E-state index in [9.17, 15) is 9.59 Å². The molecule has 0 aliphatic heterocycles. The number of hydrogen-bond donors (Lipinski definition) is 3. The van der Waals surface area contributed by atoms with Crippen LogP contribution in [0.4, 0.5) is 0 Å². The Bertz CT molecular complexity index is 358. The van der Waals surface area contributed by atoms with Crippen molar-refractivity contribution in [3.05, 3.63) is 17.5 Å². The smallest absolute Gasteiger partial charge is 0.325 e. The number of carboxylic acids is 1. The molecule has 0 aliphatic carbocycles. The van der Waals surface area contributed by atoms with Crippen LogP contribution in [0.3, 0.4) is 0 Å². The Kier molecular flexibility index (Phi) is 2.85. The van der Waals surface area contributed by atoms with Crippen molar-refractivity contribution in [2.75, 3.05) is 0 Å². The maximum atomic E-state index is 11.4. The average Bonchev–Trinajstić information content (AvgIpc) is 2.51. The maximum Gasteiger partial charge on any atom is 0.325 e. The van der Waals surface area contributed by atoms with E-state index in [4.69, 9.17) is 5.11 Å². The number of aromatic nitrogens is 2. The third-order valence-corrected chi connectivity index (χ3v) is 1.77. The van der Waals surface area contributed by atoms with Crippen LogP contribution >= 0.6 is 0 Å². The fourth-order valence-electron chi connectivity index (χ4n) is 0.907. The third-order valence-electron chi connectivity index (χ3n) is 1.77. The van der Waals surface area contributed by atoms with E-state index >= 15 is 0 Å². The predicted molar refractivity (Wildman–Crippen MR) is 47.9 cm³/mol. The Morgan fingerprint density at radius 1 is 1.64 bits per heavy atom. The summed E-state index contributed by atoms with van der Waals surface area (Å²) >= 11 is 0. The number of H-pyrrole nitrogens is 1. The molecule has 1 atom stereocenters. The lowest BCUT2D eigenvalue weighted by Gasteiger charge is -2.07. The van der Waals surface area contributed by atoms with Crippen molar-refractivity contribution in [2.24, 2.45) is 0 Å². The van der Waals surface area contributed by atoms with Crippen LogP contribution in [0.5, 0.6) is 0 Å². The Morgan fingerprint density at radius 3 is 2.71 bits per heavy atom. The summed E-state index contributed by atoms with van der Waals surface area (Å²) in [4.78, 5) is 21.8. The van der Waals surface area contributed by atoms with E-state index in [1.807, 2.05) is 0 Å². The van der Waals surface area contributed by atoms with Crippen molar-refractivity contribution in [3.63, 3.8) is 0 Å². The van der Waals surface area contributed by atoms with E-state index in [1.165, 1.54) is 13.1 Å². The van der Waals surface area contributed by atoms with E-state index in [0.717, 1.165) is 0 Å². The van der Waals surface area contributed by atoms with E-state index in [1.54, 1.807) is 6.92 Å². The molecule has 0 radical (unpaired) electrons. The van der Waals surface area contributed by atoms with Crippen molar-refractivity contribution >= 4 is 11.9 Å². The van der Waals surface area contributed by atoms with E-state index in [2.05, 4.69) is 15.5 Å². The van der Waals surface area contributed by atoms with Crippen molar-refractivity contribution in [3.8, 4) is 0 Å². The highest BCUT2D eigenvalue weighted by Crippen LogP contribution is 2.01. The third kappa shape index (κ3) is 2.09. The van der Waals surface area contributed by atoms with Gasteiger partial charge in [0.25, 0.3) is 5.91 Å². The predicted octanol–water partition coefficient (Wildman–Crippen LogP) is -0.0790. The van der Waals surface area contributed by atoms with Gasteiger partial charge in [0.1, 0.15) is 11.7 Å². The monoisotopic (exact) mass is 197 g/mol. The van der Waals surface area contributed by atoms with Crippen LogP contribution in [-0.2, 0) is 4.79 Å². The van der Waals surface area contributed by atoms with Gasteiger partial charge >= 0.3 is 5.97 Å². The number of nitrogens with one attached hydrogen (secondary N) is 2. The molecule has 0 fully saturated rings. The van der Waals surface area contributed by atoms with E-state index in [-0.39, 0.29) is 5.69 Å². The van der Waals surface area contributed by atoms with Gasteiger partial charge in [0.05, 0.1) is 6.20 Å². The second-order valence-corrected chi connectivity index (χ2v) is 2.96. The standard InChI is InChI=1S/C8H11N3O3/c1-4-3-9-11-6(4)7(12)10-5(2)8(13)14/h3,5H,1-2H3,(H,9,11)(H,10,12)(H,13,14)/t5-/m0/s1. The van der Waals surface area contributed by atoms with Crippen LogP contribution in [-0.4, -0.2) is 33.2 Å². The molecule has 0 saturated carbocycles. The minimum absolute atomic E-state index is 0.290. The van der Waals surface area contributed by atoms with Crippen LogP contribution in [0.1, 0.15) is 23.0 Å². The molecule has 1 amide bonds. The summed E-state index contributed by atoms with van der Waals surface area (Å²) in [6, 6.07) is -0.912. The summed E-state index contributed by atoms with van der Waals surface area (Å²) in [6.45, 7) is 3.11. The van der Waals surface area contributed by atoms with Crippen LogP contribution < -0.4 is 5.32 Å². The second-order valence-electron chi connectivity index (χ2n) is 2.96. The zero-order valence-corrected chi connectivity index (χ0v) is 7.87. The van der Waals surface area contributed by atoms with Gasteiger partial charge in [-0.25, -0.2) is 0 Å². The summed E-state index contributed by atoms with van der Waals surface area (Å²) in [5.74, 6) is -1.54. The number of aliphatic carboxylic acids is 1. The molecule has 6 nitrogen and oxygen atoms in total. The first-order chi connectivity index (χ1) is 6.52. The number of aryl methyl sites for hydroxylation is 1. The molecule has 0 spiro atoms. The Morgan fingerprint density at radius 2 is 2.29 bits per heavy atom. The van der Waals surface area contributed by atoms with E-state index < -0.39 is 17.9 Å². The average molecular weight is 197 g/mol. The Hall–Kier alpha value is -1.85. The molecule has 0 bridgehead atoms. The molecular weight excluding hydrogens is 186 g/mol. The van der Waals surface area contributed by atoms with Crippen molar-refractivity contribution in [1.29, 1.82) is 0 Å². The van der Waals surface area contributed by atoms with Gasteiger partial charge in [0.2, 0.25) is 0 Å². The highest BCUT2D eigenvalue weighted by molar-refractivity contribution is 5.95. The number of carboxylic acid groups (broad SMARTS) is 1. The fraction of sp³-hybridized carbons (Fsp3) is 0.375. The highest BCUT2D eigenvalue weighted by atomic mass is 16.4. The maximum absolute atomic E-state index is 11.4. The molecule has 1 heterocycles. The first-order valence-corrected chi connectivity index (χ1v) is 4.06. The molecule has 0 aliphatic rings. The highest BCUT2D eigenvalue weighted by Gasteiger charge is 2.17. The lowest BCUT2D eigenvalue weighted by molar-refractivity contribution is -0.138. The van der Waals surface area contributed by atoms with Crippen LogP contribution in [0.25, 0.3) is 0 Å². The summed E-state index contributed by atoms with van der Waals surface area (Å²) in [6.07, 6.45) is 1.50. The molecule has 0 saturated heterocycles. The molecule has 0 aromatic carbocycles. The lowest BCUT2D eigenvalue weighted by Crippen LogP contribution is -2.38. The molecule has 1 rings (SSSR count). The molecule has 1 aromatic heterocycles. The van der Waals surface area contributed by atoms with Crippen LogP contribution in [0, 0.1) is 6.92 Å².